The Bertz CT molecular complexity index is 449. The predicted molar refractivity (Wildman–Crippen MR) is 79.0 cm³/mol. The average molecular weight is 312 g/mol. The monoisotopic (exact) mass is 312 g/mol. The molecule has 0 aromatic carbocycles. The van der Waals surface area contributed by atoms with E-state index in [1.54, 1.807) is 12.2 Å². The summed E-state index contributed by atoms with van der Waals surface area (Å²) in [6, 6.07) is -0.931. The van der Waals surface area contributed by atoms with Crippen LogP contribution in [-0.2, 0) is 19.3 Å². The lowest BCUT2D eigenvalue weighted by Crippen LogP contribution is -2.66. The van der Waals surface area contributed by atoms with Crippen LogP contribution >= 0.6 is 0 Å². The van der Waals surface area contributed by atoms with Crippen LogP contribution in [0.15, 0.2) is 12.2 Å². The fraction of sp³-hybridized carbons (Fsp3) is 0.667. The number of carbonyl (C=O) groups excluding carboxylic acids is 3. The molecule has 0 aromatic rings. The van der Waals surface area contributed by atoms with Gasteiger partial charge in [0.25, 0.3) is 11.8 Å². The van der Waals surface area contributed by atoms with Crippen molar-refractivity contribution in [2.75, 3.05) is 14.2 Å². The molecule has 1 rings (SSSR count). The zero-order chi connectivity index (χ0) is 16.9. The molecular weight excluding hydrogens is 288 g/mol. The van der Waals surface area contributed by atoms with Crippen molar-refractivity contribution in [3.8, 4) is 0 Å². The van der Waals surface area contributed by atoms with Crippen molar-refractivity contribution < 1.29 is 24.1 Å². The van der Waals surface area contributed by atoms with Crippen LogP contribution in [0.25, 0.3) is 0 Å². The minimum atomic E-state index is -1.40. The fourth-order valence-corrected chi connectivity index (χ4v) is 2.81. The molecule has 1 atom stereocenters. The maximum atomic E-state index is 12.8. The van der Waals surface area contributed by atoms with Gasteiger partial charge in [-0.15, -0.1) is 10.1 Å². The van der Waals surface area contributed by atoms with Gasteiger partial charge in [0.2, 0.25) is 0 Å². The molecule has 0 bridgehead atoms. The number of amides is 4. The molecule has 124 valence electrons. The van der Waals surface area contributed by atoms with E-state index in [-0.39, 0.29) is 12.3 Å². The van der Waals surface area contributed by atoms with E-state index in [0.29, 0.717) is 16.5 Å². The number of hydrogen-bond donors (Lipinski definition) is 0. The van der Waals surface area contributed by atoms with Crippen LogP contribution in [0, 0.1) is 11.3 Å². The quantitative estimate of drug-likeness (QED) is 0.532. The number of hydroxylamine groups is 4. The van der Waals surface area contributed by atoms with Crippen molar-refractivity contribution in [1.29, 1.82) is 0 Å². The summed E-state index contributed by atoms with van der Waals surface area (Å²) in [6.07, 6.45) is 5.19. The smallest absolute Gasteiger partial charge is 0.271 e. The Labute approximate surface area is 130 Å². The Morgan fingerprint density at radius 1 is 1.14 bits per heavy atom. The molecule has 0 aromatic heterocycles. The van der Waals surface area contributed by atoms with Gasteiger partial charge in [0.05, 0.1) is 14.2 Å². The van der Waals surface area contributed by atoms with Gasteiger partial charge in [0.15, 0.2) is 0 Å². The van der Waals surface area contributed by atoms with Crippen LogP contribution in [-0.4, -0.2) is 42.2 Å². The van der Waals surface area contributed by atoms with Crippen LogP contribution in [0.1, 0.15) is 40.0 Å². The Hall–Kier alpha value is -1.73. The van der Waals surface area contributed by atoms with Gasteiger partial charge in [-0.05, 0) is 25.7 Å². The number of hydrogen-bond acceptors (Lipinski definition) is 5. The lowest BCUT2D eigenvalue weighted by molar-refractivity contribution is -0.217. The van der Waals surface area contributed by atoms with E-state index in [1.807, 2.05) is 20.8 Å². The number of carbonyl (C=O) groups is 3. The van der Waals surface area contributed by atoms with Crippen molar-refractivity contribution in [2.24, 2.45) is 11.3 Å². The molecule has 0 spiro atoms. The Morgan fingerprint density at radius 3 is 2.00 bits per heavy atom. The number of barbiturate groups is 1. The van der Waals surface area contributed by atoms with Gasteiger partial charge in [-0.1, -0.05) is 32.4 Å². The normalized spacial score (nSPS) is 20.1. The third-order valence-electron chi connectivity index (χ3n) is 4.08. The van der Waals surface area contributed by atoms with Gasteiger partial charge in [-0.25, -0.2) is 4.79 Å². The van der Waals surface area contributed by atoms with E-state index in [0.717, 1.165) is 6.42 Å². The van der Waals surface area contributed by atoms with E-state index in [4.69, 9.17) is 9.68 Å². The first kappa shape index (κ1) is 18.3. The third-order valence-corrected chi connectivity index (χ3v) is 4.08. The first-order chi connectivity index (χ1) is 10.4. The lowest BCUT2D eigenvalue weighted by Gasteiger charge is -2.44. The maximum Gasteiger partial charge on any atom is 0.382 e. The number of urea groups is 1. The Balaban J connectivity index is 3.44. The maximum absolute atomic E-state index is 12.8. The Morgan fingerprint density at radius 2 is 1.64 bits per heavy atom. The molecule has 1 unspecified atom stereocenters. The van der Waals surface area contributed by atoms with Crippen LogP contribution in [0.4, 0.5) is 4.79 Å². The number of imide groups is 2. The zero-order valence-corrected chi connectivity index (χ0v) is 13.8. The van der Waals surface area contributed by atoms with Crippen LogP contribution in [0.5, 0.6) is 0 Å². The molecule has 0 aliphatic carbocycles. The number of allylic oxidation sites excluding steroid dienone is 2. The highest BCUT2D eigenvalue weighted by Crippen LogP contribution is 2.42. The molecular formula is C15H24N2O5. The van der Waals surface area contributed by atoms with Gasteiger partial charge >= 0.3 is 6.03 Å². The minimum absolute atomic E-state index is 0.190. The van der Waals surface area contributed by atoms with E-state index < -0.39 is 23.3 Å². The molecule has 0 N–H and O–H groups in total. The molecule has 1 saturated heterocycles. The van der Waals surface area contributed by atoms with E-state index in [1.165, 1.54) is 14.2 Å². The molecule has 7 nitrogen and oxygen atoms in total. The number of nitrogens with zero attached hydrogens (tertiary/aromatic N) is 2. The van der Waals surface area contributed by atoms with Crippen molar-refractivity contribution in [1.82, 2.24) is 10.1 Å². The highest BCUT2D eigenvalue weighted by Gasteiger charge is 2.60. The minimum Gasteiger partial charge on any atom is -0.271 e. The second kappa shape index (κ2) is 7.51. The van der Waals surface area contributed by atoms with Crippen molar-refractivity contribution >= 4 is 17.8 Å². The average Bonchev–Trinajstić information content (AvgIpc) is 2.49. The standard InChI is InChI=1S/C15H24N2O5/c1-6-8-10-15(11(3)9-7-2)12(18)16(21-4)14(20)17(22-5)13(15)19/h6,8,11H,7,9-10H2,1-5H3. The first-order valence-electron chi connectivity index (χ1n) is 7.34. The summed E-state index contributed by atoms with van der Waals surface area (Å²) in [6.45, 7) is 5.62. The van der Waals surface area contributed by atoms with E-state index >= 15 is 0 Å². The van der Waals surface area contributed by atoms with Crippen LogP contribution in [0.3, 0.4) is 0 Å². The SMILES string of the molecule is CC=CCC1(C(C)CCC)C(=O)N(OC)C(=O)N(OC)C1=O. The molecule has 4 amide bonds. The van der Waals surface area contributed by atoms with Crippen LogP contribution in [0.2, 0.25) is 0 Å². The molecule has 1 heterocycles. The topological polar surface area (TPSA) is 76.2 Å². The predicted octanol–water partition coefficient (Wildman–Crippen LogP) is 2.29. The molecule has 0 radical (unpaired) electrons. The largest absolute Gasteiger partial charge is 0.382 e. The summed E-state index contributed by atoms with van der Waals surface area (Å²) in [4.78, 5) is 47.5. The molecule has 1 aliphatic rings. The zero-order valence-electron chi connectivity index (χ0n) is 13.8. The summed E-state index contributed by atoms with van der Waals surface area (Å²) in [5.41, 5.74) is -1.40. The molecule has 1 aliphatic heterocycles. The van der Waals surface area contributed by atoms with Crippen molar-refractivity contribution in [3.63, 3.8) is 0 Å². The van der Waals surface area contributed by atoms with Gasteiger partial charge in [0.1, 0.15) is 5.41 Å². The summed E-state index contributed by atoms with van der Waals surface area (Å²) < 4.78 is 0. The number of rotatable bonds is 7. The van der Waals surface area contributed by atoms with Crippen LogP contribution < -0.4 is 0 Å². The summed E-state index contributed by atoms with van der Waals surface area (Å²) >= 11 is 0. The van der Waals surface area contributed by atoms with Gasteiger partial charge in [0, 0.05) is 0 Å². The Kier molecular flexibility index (Phi) is 6.25. The molecule has 22 heavy (non-hydrogen) atoms. The fourth-order valence-electron chi connectivity index (χ4n) is 2.81. The third kappa shape index (κ3) is 2.78. The van der Waals surface area contributed by atoms with Crippen molar-refractivity contribution in [2.45, 2.75) is 40.0 Å². The first-order valence-corrected chi connectivity index (χ1v) is 7.34. The molecule has 7 heteroatoms. The molecule has 1 fully saturated rings. The highest BCUT2D eigenvalue weighted by molar-refractivity contribution is 6.18. The summed E-state index contributed by atoms with van der Waals surface area (Å²) in [5, 5.41) is 1.20. The second-order valence-electron chi connectivity index (χ2n) is 5.28. The highest BCUT2D eigenvalue weighted by atomic mass is 16.7. The second-order valence-corrected chi connectivity index (χ2v) is 5.28. The summed E-state index contributed by atoms with van der Waals surface area (Å²) in [5.74, 6) is -1.55. The summed E-state index contributed by atoms with van der Waals surface area (Å²) in [7, 11) is 2.43. The molecule has 0 saturated carbocycles. The van der Waals surface area contributed by atoms with Gasteiger partial charge in [-0.2, -0.15) is 0 Å². The van der Waals surface area contributed by atoms with Gasteiger partial charge in [-0.3, -0.25) is 19.3 Å². The lowest BCUT2D eigenvalue weighted by atomic mass is 9.69. The van der Waals surface area contributed by atoms with Crippen molar-refractivity contribution in [3.05, 3.63) is 12.2 Å². The van der Waals surface area contributed by atoms with Gasteiger partial charge < -0.3 is 0 Å². The van der Waals surface area contributed by atoms with E-state index in [9.17, 15) is 14.4 Å². The van der Waals surface area contributed by atoms with E-state index in [2.05, 4.69) is 0 Å².